The summed E-state index contributed by atoms with van der Waals surface area (Å²) >= 11 is 0. The van der Waals surface area contributed by atoms with Crippen LogP contribution in [0.25, 0.3) is 0 Å². The van der Waals surface area contributed by atoms with Gasteiger partial charge >= 0.3 is 5.97 Å². The second-order valence-corrected chi connectivity index (χ2v) is 6.41. The van der Waals surface area contributed by atoms with Crippen molar-refractivity contribution < 1.29 is 14.3 Å². The van der Waals surface area contributed by atoms with Gasteiger partial charge in [0.1, 0.15) is 5.69 Å². The third-order valence-corrected chi connectivity index (χ3v) is 4.32. The molecule has 0 saturated carbocycles. The fraction of sp³-hybridized carbons (Fsp3) is 0.182. The number of nitrogens with zero attached hydrogens (tertiary/aromatic N) is 2. The van der Waals surface area contributed by atoms with E-state index in [9.17, 15) is 9.59 Å². The highest BCUT2D eigenvalue weighted by Gasteiger charge is 2.14. The highest BCUT2D eigenvalue weighted by molar-refractivity contribution is 6.03. The molecule has 7 heteroatoms. The number of para-hydroxylation sites is 1. The minimum Gasteiger partial charge on any atom is -0.462 e. The number of hydrogen-bond donors (Lipinski definition) is 2. The van der Waals surface area contributed by atoms with Crippen molar-refractivity contribution in [2.24, 2.45) is 0 Å². The minimum atomic E-state index is -0.445. The first kappa shape index (κ1) is 20.0. The number of benzene rings is 2. The van der Waals surface area contributed by atoms with E-state index in [1.165, 1.54) is 12.3 Å². The van der Waals surface area contributed by atoms with Crippen molar-refractivity contribution in [3.8, 4) is 0 Å². The van der Waals surface area contributed by atoms with E-state index in [0.717, 1.165) is 11.1 Å². The Morgan fingerprint density at radius 3 is 2.59 bits per heavy atom. The summed E-state index contributed by atoms with van der Waals surface area (Å²) in [4.78, 5) is 33.1. The second kappa shape index (κ2) is 8.97. The van der Waals surface area contributed by atoms with Crippen molar-refractivity contribution in [1.82, 2.24) is 9.97 Å². The number of ether oxygens (including phenoxy) is 1. The first-order valence-electron chi connectivity index (χ1n) is 9.22. The molecule has 1 aromatic heterocycles. The van der Waals surface area contributed by atoms with Crippen molar-refractivity contribution in [1.29, 1.82) is 0 Å². The van der Waals surface area contributed by atoms with Crippen LogP contribution >= 0.6 is 0 Å². The summed E-state index contributed by atoms with van der Waals surface area (Å²) < 4.78 is 5.07. The Hall–Kier alpha value is -3.74. The van der Waals surface area contributed by atoms with Gasteiger partial charge in [-0.2, -0.15) is 0 Å². The molecule has 29 heavy (non-hydrogen) atoms. The average molecular weight is 390 g/mol. The molecule has 0 unspecified atom stereocenters. The van der Waals surface area contributed by atoms with Crippen molar-refractivity contribution >= 4 is 29.2 Å². The summed E-state index contributed by atoms with van der Waals surface area (Å²) in [6, 6.07) is 14.1. The van der Waals surface area contributed by atoms with Gasteiger partial charge in [0.05, 0.1) is 17.9 Å². The highest BCUT2D eigenvalue weighted by Crippen LogP contribution is 2.20. The summed E-state index contributed by atoms with van der Waals surface area (Å²) in [6.45, 7) is 6.02. The van der Waals surface area contributed by atoms with Gasteiger partial charge in [-0.3, -0.25) is 4.79 Å². The van der Waals surface area contributed by atoms with Crippen LogP contribution in [0.4, 0.5) is 17.3 Å². The van der Waals surface area contributed by atoms with Gasteiger partial charge in [0.15, 0.2) is 0 Å². The first-order chi connectivity index (χ1) is 14.0. The molecule has 0 spiro atoms. The number of amides is 1. The molecule has 0 saturated heterocycles. The molecule has 0 atom stereocenters. The molecule has 3 aromatic rings. The minimum absolute atomic E-state index is 0.203. The normalized spacial score (nSPS) is 10.3. The van der Waals surface area contributed by atoms with Crippen molar-refractivity contribution in [3.05, 3.63) is 77.1 Å². The zero-order valence-corrected chi connectivity index (χ0v) is 16.5. The summed E-state index contributed by atoms with van der Waals surface area (Å²) in [7, 11) is 0. The predicted octanol–water partition coefficient (Wildman–Crippen LogP) is 4.27. The van der Waals surface area contributed by atoms with E-state index in [0.29, 0.717) is 16.9 Å². The van der Waals surface area contributed by atoms with Crippen LogP contribution in [-0.2, 0) is 4.74 Å². The van der Waals surface area contributed by atoms with E-state index >= 15 is 0 Å². The number of carbonyl (C=O) groups is 2. The number of nitrogens with one attached hydrogen (secondary N) is 2. The zero-order chi connectivity index (χ0) is 20.8. The summed E-state index contributed by atoms with van der Waals surface area (Å²) in [5.74, 6) is -0.592. The fourth-order valence-electron chi connectivity index (χ4n) is 2.66. The lowest BCUT2D eigenvalue weighted by atomic mass is 10.1. The van der Waals surface area contributed by atoms with Crippen molar-refractivity contribution in [3.63, 3.8) is 0 Å². The number of carbonyl (C=O) groups excluding carboxylic acids is 2. The van der Waals surface area contributed by atoms with E-state index in [1.807, 2.05) is 32.0 Å². The zero-order valence-electron chi connectivity index (χ0n) is 16.5. The third kappa shape index (κ3) is 4.95. The first-order valence-corrected chi connectivity index (χ1v) is 9.22. The largest absolute Gasteiger partial charge is 0.462 e. The van der Waals surface area contributed by atoms with Crippen LogP contribution in [0.5, 0.6) is 0 Å². The molecule has 1 amide bonds. The van der Waals surface area contributed by atoms with Crippen LogP contribution in [0.2, 0.25) is 0 Å². The lowest BCUT2D eigenvalue weighted by molar-refractivity contribution is 0.0527. The lowest BCUT2D eigenvalue weighted by Gasteiger charge is -2.11. The van der Waals surface area contributed by atoms with Gasteiger partial charge < -0.3 is 15.4 Å². The van der Waals surface area contributed by atoms with Gasteiger partial charge in [0.2, 0.25) is 5.95 Å². The Morgan fingerprint density at radius 2 is 1.83 bits per heavy atom. The SMILES string of the molecule is CCOC(=O)c1ccccc1Nc1nccc(C(=O)Nc2ccc(C)c(C)c2)n1. The van der Waals surface area contributed by atoms with E-state index < -0.39 is 5.97 Å². The van der Waals surface area contributed by atoms with E-state index in [-0.39, 0.29) is 24.2 Å². The number of aromatic nitrogens is 2. The second-order valence-electron chi connectivity index (χ2n) is 6.41. The van der Waals surface area contributed by atoms with Gasteiger partial charge in [-0.15, -0.1) is 0 Å². The van der Waals surface area contributed by atoms with Crippen LogP contribution in [0, 0.1) is 13.8 Å². The molecule has 0 fully saturated rings. The molecule has 0 aliphatic carbocycles. The molecule has 148 valence electrons. The van der Waals surface area contributed by atoms with E-state index in [2.05, 4.69) is 20.6 Å². The maximum absolute atomic E-state index is 12.6. The smallest absolute Gasteiger partial charge is 0.340 e. The van der Waals surface area contributed by atoms with Gasteiger partial charge in [-0.1, -0.05) is 18.2 Å². The Bertz CT molecular complexity index is 1050. The van der Waals surface area contributed by atoms with Crippen LogP contribution in [-0.4, -0.2) is 28.5 Å². The molecule has 3 rings (SSSR count). The molecule has 2 N–H and O–H groups in total. The Kier molecular flexibility index (Phi) is 6.19. The monoisotopic (exact) mass is 390 g/mol. The number of aryl methyl sites for hydroxylation is 2. The van der Waals surface area contributed by atoms with Crippen molar-refractivity contribution in [2.75, 3.05) is 17.2 Å². The maximum Gasteiger partial charge on any atom is 0.340 e. The number of anilines is 3. The summed E-state index contributed by atoms with van der Waals surface area (Å²) in [5.41, 5.74) is 3.99. The highest BCUT2D eigenvalue weighted by atomic mass is 16.5. The van der Waals surface area contributed by atoms with Gasteiger partial charge in [-0.25, -0.2) is 14.8 Å². The third-order valence-electron chi connectivity index (χ3n) is 4.32. The molecule has 2 aromatic carbocycles. The van der Waals surface area contributed by atoms with E-state index in [4.69, 9.17) is 4.74 Å². The maximum atomic E-state index is 12.6. The quantitative estimate of drug-likeness (QED) is 0.611. The van der Waals surface area contributed by atoms with Gasteiger partial charge in [-0.05, 0) is 62.2 Å². The fourth-order valence-corrected chi connectivity index (χ4v) is 2.66. The standard InChI is InChI=1S/C22H22N4O3/c1-4-29-21(28)17-7-5-6-8-18(17)25-22-23-12-11-19(26-22)20(27)24-16-10-9-14(2)15(3)13-16/h5-13H,4H2,1-3H3,(H,24,27)(H,23,25,26). The number of esters is 1. The van der Waals surface area contributed by atoms with Gasteiger partial charge in [0.25, 0.3) is 5.91 Å². The van der Waals surface area contributed by atoms with Crippen LogP contribution in [0.1, 0.15) is 38.9 Å². The Balaban J connectivity index is 1.79. The Morgan fingerprint density at radius 1 is 1.03 bits per heavy atom. The molecular formula is C22H22N4O3. The predicted molar refractivity (Wildman–Crippen MR) is 112 cm³/mol. The molecule has 0 bridgehead atoms. The van der Waals surface area contributed by atoms with Crippen LogP contribution in [0.15, 0.2) is 54.7 Å². The Labute approximate surface area is 169 Å². The molecule has 0 aliphatic rings. The summed E-state index contributed by atoms with van der Waals surface area (Å²) in [5, 5.41) is 5.82. The van der Waals surface area contributed by atoms with Crippen molar-refractivity contribution in [2.45, 2.75) is 20.8 Å². The van der Waals surface area contributed by atoms with Crippen LogP contribution in [0.3, 0.4) is 0 Å². The molecule has 1 heterocycles. The van der Waals surface area contributed by atoms with Crippen LogP contribution < -0.4 is 10.6 Å². The topological polar surface area (TPSA) is 93.2 Å². The van der Waals surface area contributed by atoms with Gasteiger partial charge in [0, 0.05) is 11.9 Å². The van der Waals surface area contributed by atoms with E-state index in [1.54, 1.807) is 31.2 Å². The number of rotatable bonds is 6. The lowest BCUT2D eigenvalue weighted by Crippen LogP contribution is -2.15. The average Bonchev–Trinajstić information content (AvgIpc) is 2.71. The number of hydrogen-bond acceptors (Lipinski definition) is 6. The molecule has 0 radical (unpaired) electrons. The molecular weight excluding hydrogens is 368 g/mol. The summed E-state index contributed by atoms with van der Waals surface area (Å²) in [6.07, 6.45) is 1.48. The molecule has 7 nitrogen and oxygen atoms in total. The molecule has 0 aliphatic heterocycles.